The van der Waals surface area contributed by atoms with E-state index in [2.05, 4.69) is 10.6 Å². The van der Waals surface area contributed by atoms with Gasteiger partial charge in [0.05, 0.1) is 12.7 Å². The molecule has 2 aliphatic heterocycles. The third-order valence-corrected chi connectivity index (χ3v) is 5.37. The Balaban J connectivity index is 0.00000225. The number of halogens is 1. The van der Waals surface area contributed by atoms with Gasteiger partial charge in [0.25, 0.3) is 0 Å². The van der Waals surface area contributed by atoms with E-state index in [0.717, 1.165) is 19.4 Å². The van der Waals surface area contributed by atoms with Crippen LogP contribution in [-0.4, -0.2) is 50.1 Å². The van der Waals surface area contributed by atoms with E-state index in [-0.39, 0.29) is 30.3 Å². The Morgan fingerprint density at radius 1 is 1.44 bits per heavy atom. The van der Waals surface area contributed by atoms with Crippen molar-refractivity contribution in [3.63, 3.8) is 0 Å². The molecule has 1 aromatic heterocycles. The molecule has 0 aromatic carbocycles. The van der Waals surface area contributed by atoms with Crippen LogP contribution in [0, 0.1) is 0 Å². The molecular formula is C16H22ClN3O4S. The van der Waals surface area contributed by atoms with Crippen molar-refractivity contribution >= 4 is 46.5 Å². The molecule has 2 fully saturated rings. The zero-order valence-electron chi connectivity index (χ0n) is 13.9. The van der Waals surface area contributed by atoms with E-state index in [0.29, 0.717) is 30.0 Å². The molecule has 2 saturated heterocycles. The summed E-state index contributed by atoms with van der Waals surface area (Å²) in [6.45, 7) is 1.43. The monoisotopic (exact) mass is 387 g/mol. The number of methoxy groups -OCH3 is 1. The first kappa shape index (κ1) is 19.7. The van der Waals surface area contributed by atoms with Crippen molar-refractivity contribution < 1.29 is 19.1 Å². The van der Waals surface area contributed by atoms with Crippen molar-refractivity contribution in [2.45, 2.75) is 37.8 Å². The fourth-order valence-electron chi connectivity index (χ4n) is 3.20. The highest BCUT2D eigenvalue weighted by Crippen LogP contribution is 2.31. The number of rotatable bonds is 5. The molecule has 25 heavy (non-hydrogen) atoms. The number of nitrogens with zero attached hydrogens (tertiary/aromatic N) is 1. The molecule has 0 saturated carbocycles. The standard InChI is InChI=1S/C16H21N3O4S.ClH/c1-23-16(22)11-5-8-24-15(11)19-7-4-12(14(19)21)18-13(20)9-10-3-2-6-17-10;/h5,8,10,12,17H,2-4,6-7,9H2,1H3,(H,18,20);1H. The van der Waals surface area contributed by atoms with Crippen LogP contribution in [0.15, 0.2) is 11.4 Å². The topological polar surface area (TPSA) is 87.7 Å². The number of nitrogens with one attached hydrogen (secondary N) is 2. The van der Waals surface area contributed by atoms with Gasteiger partial charge in [0, 0.05) is 19.0 Å². The summed E-state index contributed by atoms with van der Waals surface area (Å²) < 4.78 is 4.75. The van der Waals surface area contributed by atoms with Gasteiger partial charge in [0.1, 0.15) is 11.0 Å². The summed E-state index contributed by atoms with van der Waals surface area (Å²) in [4.78, 5) is 38.1. The van der Waals surface area contributed by atoms with Crippen molar-refractivity contribution in [2.75, 3.05) is 25.1 Å². The van der Waals surface area contributed by atoms with Gasteiger partial charge in [-0.3, -0.25) is 9.59 Å². The van der Waals surface area contributed by atoms with Gasteiger partial charge in [-0.1, -0.05) is 0 Å². The first-order valence-corrected chi connectivity index (χ1v) is 8.98. The smallest absolute Gasteiger partial charge is 0.340 e. The Morgan fingerprint density at radius 2 is 2.24 bits per heavy atom. The third-order valence-electron chi connectivity index (χ3n) is 4.43. The molecule has 7 nitrogen and oxygen atoms in total. The molecule has 2 unspecified atom stereocenters. The quantitative estimate of drug-likeness (QED) is 0.744. The lowest BCUT2D eigenvalue weighted by Gasteiger charge is -2.17. The Labute approximate surface area is 156 Å². The molecule has 0 spiro atoms. The summed E-state index contributed by atoms with van der Waals surface area (Å²) in [5.74, 6) is -0.733. The minimum Gasteiger partial charge on any atom is -0.465 e. The zero-order chi connectivity index (χ0) is 17.1. The van der Waals surface area contributed by atoms with E-state index in [1.54, 1.807) is 16.3 Å². The number of hydrogen-bond donors (Lipinski definition) is 2. The van der Waals surface area contributed by atoms with Crippen molar-refractivity contribution in [3.8, 4) is 0 Å². The molecule has 3 heterocycles. The summed E-state index contributed by atoms with van der Waals surface area (Å²) in [5, 5.41) is 8.44. The number of esters is 1. The van der Waals surface area contributed by atoms with Crippen LogP contribution in [0.3, 0.4) is 0 Å². The molecule has 0 bridgehead atoms. The van der Waals surface area contributed by atoms with Crippen LogP contribution in [0.25, 0.3) is 0 Å². The Morgan fingerprint density at radius 3 is 2.92 bits per heavy atom. The van der Waals surface area contributed by atoms with E-state index in [9.17, 15) is 14.4 Å². The molecule has 2 atom stereocenters. The summed E-state index contributed by atoms with van der Waals surface area (Å²) >= 11 is 1.32. The highest BCUT2D eigenvalue weighted by atomic mass is 35.5. The van der Waals surface area contributed by atoms with Crippen molar-refractivity contribution in [3.05, 3.63) is 17.0 Å². The largest absolute Gasteiger partial charge is 0.465 e. The molecule has 0 radical (unpaired) electrons. The van der Waals surface area contributed by atoms with Crippen LogP contribution in [0.4, 0.5) is 5.00 Å². The number of ether oxygens (including phenoxy) is 1. The van der Waals surface area contributed by atoms with Gasteiger partial charge in [-0.25, -0.2) is 4.79 Å². The highest BCUT2D eigenvalue weighted by Gasteiger charge is 2.36. The van der Waals surface area contributed by atoms with Crippen LogP contribution < -0.4 is 15.5 Å². The minimum atomic E-state index is -0.522. The fraction of sp³-hybridized carbons (Fsp3) is 0.562. The van der Waals surface area contributed by atoms with Gasteiger partial charge < -0.3 is 20.3 Å². The van der Waals surface area contributed by atoms with Crippen LogP contribution in [0.5, 0.6) is 0 Å². The van der Waals surface area contributed by atoms with E-state index in [1.807, 2.05) is 0 Å². The van der Waals surface area contributed by atoms with E-state index < -0.39 is 12.0 Å². The summed E-state index contributed by atoms with van der Waals surface area (Å²) in [6.07, 6.45) is 3.02. The van der Waals surface area contributed by atoms with Crippen molar-refractivity contribution in [2.24, 2.45) is 0 Å². The molecule has 1 aromatic rings. The first-order chi connectivity index (χ1) is 11.6. The van der Waals surface area contributed by atoms with E-state index >= 15 is 0 Å². The molecule has 2 aliphatic rings. The number of hydrogen-bond acceptors (Lipinski definition) is 6. The van der Waals surface area contributed by atoms with Crippen molar-refractivity contribution in [1.29, 1.82) is 0 Å². The summed E-state index contributed by atoms with van der Waals surface area (Å²) in [5.41, 5.74) is 0.387. The maximum absolute atomic E-state index is 12.6. The zero-order valence-corrected chi connectivity index (χ0v) is 15.6. The third kappa shape index (κ3) is 4.31. The lowest BCUT2D eigenvalue weighted by atomic mass is 10.1. The summed E-state index contributed by atoms with van der Waals surface area (Å²) in [7, 11) is 1.32. The maximum atomic E-state index is 12.6. The Hall–Kier alpha value is -1.64. The van der Waals surface area contributed by atoms with Gasteiger partial charge in [-0.15, -0.1) is 23.7 Å². The molecule has 2 N–H and O–H groups in total. The molecule has 3 rings (SSSR count). The molecule has 9 heteroatoms. The van der Waals surface area contributed by atoms with Crippen LogP contribution >= 0.6 is 23.7 Å². The van der Waals surface area contributed by atoms with E-state index in [4.69, 9.17) is 4.74 Å². The van der Waals surface area contributed by atoms with Gasteiger partial charge >= 0.3 is 5.97 Å². The fourth-order valence-corrected chi connectivity index (χ4v) is 4.12. The SMILES string of the molecule is COC(=O)c1ccsc1N1CCC(NC(=O)CC2CCCN2)C1=O.Cl. The van der Waals surface area contributed by atoms with Crippen LogP contribution in [-0.2, 0) is 14.3 Å². The molecule has 138 valence electrons. The number of anilines is 1. The maximum Gasteiger partial charge on any atom is 0.340 e. The second-order valence-corrected chi connectivity index (χ2v) is 6.92. The number of thiophene rings is 1. The average Bonchev–Trinajstić information content (AvgIpc) is 3.29. The van der Waals surface area contributed by atoms with Crippen LogP contribution in [0.2, 0.25) is 0 Å². The average molecular weight is 388 g/mol. The second kappa shape index (κ2) is 8.64. The predicted octanol–water partition coefficient (Wildman–Crippen LogP) is 1.32. The molecular weight excluding hydrogens is 366 g/mol. The minimum absolute atomic E-state index is 0. The first-order valence-electron chi connectivity index (χ1n) is 8.10. The van der Waals surface area contributed by atoms with E-state index in [1.165, 1.54) is 18.4 Å². The van der Waals surface area contributed by atoms with Gasteiger partial charge in [-0.2, -0.15) is 0 Å². The number of carbonyl (C=O) groups is 3. The second-order valence-electron chi connectivity index (χ2n) is 6.03. The lowest BCUT2D eigenvalue weighted by molar-refractivity contribution is -0.126. The Kier molecular flexibility index (Phi) is 6.80. The molecule has 0 aliphatic carbocycles. The van der Waals surface area contributed by atoms with Crippen LogP contribution in [0.1, 0.15) is 36.0 Å². The van der Waals surface area contributed by atoms with Gasteiger partial charge in [-0.05, 0) is 37.3 Å². The number of carbonyl (C=O) groups excluding carboxylic acids is 3. The molecule has 2 amide bonds. The summed E-state index contributed by atoms with van der Waals surface area (Å²) in [6, 6.07) is 1.34. The van der Waals surface area contributed by atoms with Gasteiger partial charge in [0.15, 0.2) is 0 Å². The van der Waals surface area contributed by atoms with Crippen molar-refractivity contribution in [1.82, 2.24) is 10.6 Å². The normalized spacial score (nSPS) is 22.6. The van der Waals surface area contributed by atoms with Gasteiger partial charge in [0.2, 0.25) is 11.8 Å². The predicted molar refractivity (Wildman–Crippen MR) is 97.4 cm³/mol. The lowest BCUT2D eigenvalue weighted by Crippen LogP contribution is -2.43. The highest BCUT2D eigenvalue weighted by molar-refractivity contribution is 7.14. The number of amides is 2. The Bertz CT molecular complexity index is 645.